The van der Waals surface area contributed by atoms with Crippen LogP contribution in [-0.2, 0) is 13.1 Å². The highest BCUT2D eigenvalue weighted by molar-refractivity contribution is 5.27. The molecule has 94 valence electrons. The van der Waals surface area contributed by atoms with Crippen LogP contribution in [-0.4, -0.2) is 18.0 Å². The maximum atomic E-state index is 13.1. The first-order valence-electron chi connectivity index (χ1n) is 6.38. The van der Waals surface area contributed by atoms with Gasteiger partial charge in [-0.2, -0.15) is 0 Å². The molecule has 1 aliphatic carbocycles. The van der Waals surface area contributed by atoms with Gasteiger partial charge in [-0.15, -0.1) is 0 Å². The van der Waals surface area contributed by atoms with Gasteiger partial charge < -0.3 is 5.73 Å². The topological polar surface area (TPSA) is 29.3 Å². The molecule has 2 N–H and O–H groups in total. The van der Waals surface area contributed by atoms with Crippen LogP contribution in [0.2, 0.25) is 0 Å². The lowest BCUT2D eigenvalue weighted by Crippen LogP contribution is -2.29. The molecule has 3 heteroatoms. The molecule has 0 atom stereocenters. The molecule has 2 nitrogen and oxygen atoms in total. The summed E-state index contributed by atoms with van der Waals surface area (Å²) >= 11 is 0. The maximum Gasteiger partial charge on any atom is 0.123 e. The lowest BCUT2D eigenvalue weighted by atomic mass is 10.1. The zero-order valence-electron chi connectivity index (χ0n) is 10.5. The van der Waals surface area contributed by atoms with Crippen molar-refractivity contribution in [1.82, 2.24) is 4.90 Å². The molecule has 0 aromatic heterocycles. The fourth-order valence-corrected chi connectivity index (χ4v) is 2.68. The summed E-state index contributed by atoms with van der Waals surface area (Å²) in [6.07, 6.45) is 5.25. The minimum Gasteiger partial charge on any atom is -0.326 e. The van der Waals surface area contributed by atoms with Crippen LogP contribution in [0.5, 0.6) is 0 Å². The molecule has 0 heterocycles. The van der Waals surface area contributed by atoms with Gasteiger partial charge in [0.1, 0.15) is 5.82 Å². The minimum absolute atomic E-state index is 0.197. The SMILES string of the molecule is CN(Cc1ccc(F)cc1CN)C1CCCC1. The van der Waals surface area contributed by atoms with Crippen LogP contribution in [0.4, 0.5) is 4.39 Å². The van der Waals surface area contributed by atoms with Crippen LogP contribution in [0.3, 0.4) is 0 Å². The summed E-state index contributed by atoms with van der Waals surface area (Å²) in [5.74, 6) is -0.197. The molecular weight excluding hydrogens is 215 g/mol. The van der Waals surface area contributed by atoms with Crippen molar-refractivity contribution in [1.29, 1.82) is 0 Å². The molecule has 0 amide bonds. The van der Waals surface area contributed by atoms with Gasteiger partial charge >= 0.3 is 0 Å². The molecule has 1 aliphatic rings. The first kappa shape index (κ1) is 12.5. The third kappa shape index (κ3) is 3.05. The molecule has 0 radical (unpaired) electrons. The fourth-order valence-electron chi connectivity index (χ4n) is 2.68. The second-order valence-corrected chi connectivity index (χ2v) is 4.97. The van der Waals surface area contributed by atoms with E-state index >= 15 is 0 Å². The zero-order valence-corrected chi connectivity index (χ0v) is 10.5. The second kappa shape index (κ2) is 5.61. The Morgan fingerprint density at radius 3 is 2.65 bits per heavy atom. The molecule has 0 unspecified atom stereocenters. The van der Waals surface area contributed by atoms with Crippen LogP contribution in [0.15, 0.2) is 18.2 Å². The molecule has 1 fully saturated rings. The summed E-state index contributed by atoms with van der Waals surface area (Å²) in [5.41, 5.74) is 7.75. The summed E-state index contributed by atoms with van der Waals surface area (Å²) in [7, 11) is 2.15. The van der Waals surface area contributed by atoms with E-state index in [4.69, 9.17) is 5.73 Å². The first-order valence-corrected chi connectivity index (χ1v) is 6.38. The summed E-state index contributed by atoms with van der Waals surface area (Å²) in [6.45, 7) is 1.28. The summed E-state index contributed by atoms with van der Waals surface area (Å²) in [4.78, 5) is 2.37. The molecule has 0 spiro atoms. The minimum atomic E-state index is -0.197. The molecule has 17 heavy (non-hydrogen) atoms. The Labute approximate surface area is 103 Å². The monoisotopic (exact) mass is 236 g/mol. The van der Waals surface area contributed by atoms with Gasteiger partial charge in [-0.3, -0.25) is 4.90 Å². The van der Waals surface area contributed by atoms with Crippen molar-refractivity contribution >= 4 is 0 Å². The van der Waals surface area contributed by atoms with E-state index in [0.717, 1.165) is 17.7 Å². The Bertz CT molecular complexity index is 372. The molecule has 1 aromatic carbocycles. The highest BCUT2D eigenvalue weighted by atomic mass is 19.1. The number of hydrogen-bond donors (Lipinski definition) is 1. The van der Waals surface area contributed by atoms with Crippen molar-refractivity contribution in [3.63, 3.8) is 0 Å². The molecule has 0 bridgehead atoms. The van der Waals surface area contributed by atoms with Gasteiger partial charge in [-0.1, -0.05) is 18.9 Å². The van der Waals surface area contributed by atoms with Gasteiger partial charge in [0.2, 0.25) is 0 Å². The van der Waals surface area contributed by atoms with Gasteiger partial charge in [-0.05, 0) is 43.1 Å². The number of nitrogens with zero attached hydrogens (tertiary/aromatic N) is 1. The molecule has 1 aromatic rings. The fraction of sp³-hybridized carbons (Fsp3) is 0.571. The molecule has 0 aliphatic heterocycles. The highest BCUT2D eigenvalue weighted by Crippen LogP contribution is 2.24. The van der Waals surface area contributed by atoms with E-state index in [1.54, 1.807) is 6.07 Å². The number of nitrogens with two attached hydrogens (primary N) is 1. The quantitative estimate of drug-likeness (QED) is 0.871. The van der Waals surface area contributed by atoms with E-state index in [1.807, 2.05) is 6.07 Å². The molecule has 0 saturated heterocycles. The van der Waals surface area contributed by atoms with E-state index in [1.165, 1.54) is 31.7 Å². The Morgan fingerprint density at radius 1 is 1.29 bits per heavy atom. The van der Waals surface area contributed by atoms with Gasteiger partial charge in [0, 0.05) is 19.1 Å². The van der Waals surface area contributed by atoms with E-state index in [-0.39, 0.29) is 5.82 Å². The van der Waals surface area contributed by atoms with Gasteiger partial charge in [0.15, 0.2) is 0 Å². The summed E-state index contributed by atoms with van der Waals surface area (Å²) < 4.78 is 13.1. The Morgan fingerprint density at radius 2 is 2.00 bits per heavy atom. The Balaban J connectivity index is 2.06. The van der Waals surface area contributed by atoms with Crippen molar-refractivity contribution in [2.75, 3.05) is 7.05 Å². The van der Waals surface area contributed by atoms with E-state index in [0.29, 0.717) is 12.6 Å². The van der Waals surface area contributed by atoms with Crippen LogP contribution in [0.1, 0.15) is 36.8 Å². The molecule has 1 saturated carbocycles. The van der Waals surface area contributed by atoms with Crippen molar-refractivity contribution in [3.05, 3.63) is 35.1 Å². The third-order valence-corrected chi connectivity index (χ3v) is 3.76. The van der Waals surface area contributed by atoms with Gasteiger partial charge in [-0.25, -0.2) is 4.39 Å². The lowest BCUT2D eigenvalue weighted by Gasteiger charge is -2.25. The van der Waals surface area contributed by atoms with Crippen molar-refractivity contribution in [2.24, 2.45) is 5.73 Å². The normalized spacial score (nSPS) is 16.9. The second-order valence-electron chi connectivity index (χ2n) is 4.97. The number of benzene rings is 1. The van der Waals surface area contributed by atoms with Crippen LogP contribution >= 0.6 is 0 Å². The van der Waals surface area contributed by atoms with E-state index in [9.17, 15) is 4.39 Å². The first-order chi connectivity index (χ1) is 8.20. The average Bonchev–Trinajstić information content (AvgIpc) is 2.85. The van der Waals surface area contributed by atoms with E-state index in [2.05, 4.69) is 11.9 Å². The van der Waals surface area contributed by atoms with E-state index < -0.39 is 0 Å². The number of hydrogen-bond acceptors (Lipinski definition) is 2. The lowest BCUT2D eigenvalue weighted by molar-refractivity contribution is 0.236. The molecular formula is C14H21FN2. The smallest absolute Gasteiger partial charge is 0.123 e. The van der Waals surface area contributed by atoms with Crippen LogP contribution in [0.25, 0.3) is 0 Å². The predicted octanol–water partition coefficient (Wildman–Crippen LogP) is 2.66. The number of rotatable bonds is 4. The summed E-state index contributed by atoms with van der Waals surface area (Å²) in [6, 6.07) is 5.63. The van der Waals surface area contributed by atoms with Crippen molar-refractivity contribution in [3.8, 4) is 0 Å². The predicted molar refractivity (Wildman–Crippen MR) is 68.0 cm³/mol. The van der Waals surface area contributed by atoms with Crippen molar-refractivity contribution in [2.45, 2.75) is 44.8 Å². The Kier molecular flexibility index (Phi) is 4.13. The maximum absolute atomic E-state index is 13.1. The standard InChI is InChI=1S/C14H21FN2/c1-17(14-4-2-3-5-14)10-11-6-7-13(15)8-12(11)9-16/h6-8,14H,2-5,9-10,16H2,1H3. The van der Waals surface area contributed by atoms with Gasteiger partial charge in [0.25, 0.3) is 0 Å². The Hall–Kier alpha value is -0.930. The zero-order chi connectivity index (χ0) is 12.3. The molecule has 2 rings (SSSR count). The van der Waals surface area contributed by atoms with Crippen LogP contribution < -0.4 is 5.73 Å². The van der Waals surface area contributed by atoms with Crippen molar-refractivity contribution < 1.29 is 4.39 Å². The third-order valence-electron chi connectivity index (χ3n) is 3.76. The highest BCUT2D eigenvalue weighted by Gasteiger charge is 2.20. The summed E-state index contributed by atoms with van der Waals surface area (Å²) in [5, 5.41) is 0. The average molecular weight is 236 g/mol. The largest absolute Gasteiger partial charge is 0.326 e. The number of halogens is 1. The van der Waals surface area contributed by atoms with Crippen LogP contribution in [0, 0.1) is 5.82 Å². The van der Waals surface area contributed by atoms with Gasteiger partial charge in [0.05, 0.1) is 0 Å².